The Labute approximate surface area is 151 Å². The molecule has 2 heterocycles. The van der Waals surface area contributed by atoms with Gasteiger partial charge in [-0.2, -0.15) is 0 Å². The van der Waals surface area contributed by atoms with Crippen molar-refractivity contribution in [1.29, 1.82) is 0 Å². The van der Waals surface area contributed by atoms with Crippen LogP contribution in [0.3, 0.4) is 0 Å². The number of fused-ring (bicyclic) bond motifs is 1. The van der Waals surface area contributed by atoms with Gasteiger partial charge in [0.1, 0.15) is 21.9 Å². The predicted molar refractivity (Wildman–Crippen MR) is 102 cm³/mol. The van der Waals surface area contributed by atoms with Gasteiger partial charge in [-0.15, -0.1) is 11.3 Å². The van der Waals surface area contributed by atoms with Gasteiger partial charge < -0.3 is 10.1 Å². The standard InChI is InChI=1S/C19H21N3O2S/c1-10(2)24-19(23)16-13(5)15-17(20-9-21-18(15)25-16)22-14-7-6-11(3)12(4)8-14/h6-10H,1-5H3,(H,20,21,22). The molecule has 0 aliphatic carbocycles. The fourth-order valence-corrected chi connectivity index (χ4v) is 3.62. The minimum Gasteiger partial charge on any atom is -0.459 e. The highest BCUT2D eigenvalue weighted by atomic mass is 32.1. The molecule has 5 nitrogen and oxygen atoms in total. The topological polar surface area (TPSA) is 64.1 Å². The summed E-state index contributed by atoms with van der Waals surface area (Å²) in [6, 6.07) is 6.17. The van der Waals surface area contributed by atoms with Gasteiger partial charge >= 0.3 is 5.97 Å². The summed E-state index contributed by atoms with van der Waals surface area (Å²) < 4.78 is 5.34. The summed E-state index contributed by atoms with van der Waals surface area (Å²) >= 11 is 1.34. The number of nitrogens with zero attached hydrogens (tertiary/aromatic N) is 2. The average Bonchev–Trinajstić information content (AvgIpc) is 2.88. The van der Waals surface area contributed by atoms with Crippen LogP contribution in [0.5, 0.6) is 0 Å². The Kier molecular flexibility index (Phi) is 4.72. The number of hydrogen-bond donors (Lipinski definition) is 1. The smallest absolute Gasteiger partial charge is 0.348 e. The van der Waals surface area contributed by atoms with Crippen LogP contribution in [0.15, 0.2) is 24.5 Å². The number of esters is 1. The molecule has 0 saturated heterocycles. The van der Waals surface area contributed by atoms with Gasteiger partial charge in [0.25, 0.3) is 0 Å². The molecule has 0 unspecified atom stereocenters. The molecule has 2 aromatic heterocycles. The maximum atomic E-state index is 12.3. The third-order valence-electron chi connectivity index (χ3n) is 4.02. The van der Waals surface area contributed by atoms with Crippen LogP contribution in [-0.4, -0.2) is 22.0 Å². The largest absolute Gasteiger partial charge is 0.459 e. The maximum Gasteiger partial charge on any atom is 0.348 e. The van der Waals surface area contributed by atoms with E-state index in [1.54, 1.807) is 0 Å². The molecule has 0 radical (unpaired) electrons. The summed E-state index contributed by atoms with van der Waals surface area (Å²) in [5, 5.41) is 4.21. The zero-order chi connectivity index (χ0) is 18.1. The van der Waals surface area contributed by atoms with Crippen molar-refractivity contribution in [2.75, 3.05) is 5.32 Å². The summed E-state index contributed by atoms with van der Waals surface area (Å²) in [5.74, 6) is 0.387. The molecule has 130 valence electrons. The summed E-state index contributed by atoms with van der Waals surface area (Å²) in [4.78, 5) is 22.4. The lowest BCUT2D eigenvalue weighted by atomic mass is 10.1. The van der Waals surface area contributed by atoms with Gasteiger partial charge in [0, 0.05) is 5.69 Å². The number of anilines is 2. The first-order valence-corrected chi connectivity index (χ1v) is 8.98. The summed E-state index contributed by atoms with van der Waals surface area (Å²) in [7, 11) is 0. The van der Waals surface area contributed by atoms with E-state index in [4.69, 9.17) is 4.74 Å². The Bertz CT molecular complexity index is 947. The number of rotatable bonds is 4. The van der Waals surface area contributed by atoms with Crippen LogP contribution in [0.2, 0.25) is 0 Å². The SMILES string of the molecule is Cc1ccc(Nc2ncnc3sc(C(=O)OC(C)C)c(C)c23)cc1C. The van der Waals surface area contributed by atoms with E-state index < -0.39 is 0 Å². The third-order valence-corrected chi connectivity index (χ3v) is 5.20. The highest BCUT2D eigenvalue weighted by Crippen LogP contribution is 2.35. The zero-order valence-corrected chi connectivity index (χ0v) is 15.8. The van der Waals surface area contributed by atoms with Crippen LogP contribution < -0.4 is 5.32 Å². The second-order valence-corrected chi connectivity index (χ2v) is 7.34. The number of carbonyl (C=O) groups is 1. The molecule has 3 rings (SSSR count). The number of thiophene rings is 1. The van der Waals surface area contributed by atoms with Gasteiger partial charge in [0.2, 0.25) is 0 Å². The minimum atomic E-state index is -0.312. The molecule has 1 aromatic carbocycles. The van der Waals surface area contributed by atoms with E-state index in [-0.39, 0.29) is 12.1 Å². The Morgan fingerprint density at radius 2 is 1.92 bits per heavy atom. The van der Waals surface area contributed by atoms with Crippen LogP contribution in [0, 0.1) is 20.8 Å². The molecule has 3 aromatic rings. The lowest BCUT2D eigenvalue weighted by Crippen LogP contribution is -2.11. The Morgan fingerprint density at radius 3 is 2.60 bits per heavy atom. The number of benzene rings is 1. The molecule has 0 amide bonds. The number of aryl methyl sites for hydroxylation is 3. The fourth-order valence-electron chi connectivity index (χ4n) is 2.58. The molecule has 0 aliphatic rings. The summed E-state index contributed by atoms with van der Waals surface area (Å²) in [6.45, 7) is 9.74. The lowest BCUT2D eigenvalue weighted by Gasteiger charge is -2.09. The molecule has 25 heavy (non-hydrogen) atoms. The molecule has 0 bridgehead atoms. The van der Waals surface area contributed by atoms with Crippen LogP contribution in [0.25, 0.3) is 10.2 Å². The second kappa shape index (κ2) is 6.80. The highest BCUT2D eigenvalue weighted by Gasteiger charge is 2.21. The van der Waals surface area contributed by atoms with Gasteiger partial charge in [-0.05, 0) is 63.4 Å². The van der Waals surface area contributed by atoms with Crippen molar-refractivity contribution in [2.24, 2.45) is 0 Å². The number of carbonyl (C=O) groups excluding carboxylic acids is 1. The summed E-state index contributed by atoms with van der Waals surface area (Å²) in [5.41, 5.74) is 4.25. The number of aromatic nitrogens is 2. The Balaban J connectivity index is 2.03. The van der Waals surface area contributed by atoms with Gasteiger partial charge in [-0.25, -0.2) is 14.8 Å². The van der Waals surface area contributed by atoms with Gasteiger partial charge in [0.15, 0.2) is 0 Å². The monoisotopic (exact) mass is 355 g/mol. The first kappa shape index (κ1) is 17.4. The molecule has 0 spiro atoms. The van der Waals surface area contributed by atoms with Crippen molar-refractivity contribution in [2.45, 2.75) is 40.7 Å². The Hall–Kier alpha value is -2.47. The van der Waals surface area contributed by atoms with E-state index in [2.05, 4.69) is 41.3 Å². The highest BCUT2D eigenvalue weighted by molar-refractivity contribution is 7.20. The van der Waals surface area contributed by atoms with E-state index in [1.165, 1.54) is 28.8 Å². The van der Waals surface area contributed by atoms with Crippen molar-refractivity contribution in [3.8, 4) is 0 Å². The number of hydrogen-bond acceptors (Lipinski definition) is 6. The van der Waals surface area contributed by atoms with E-state index in [0.29, 0.717) is 10.7 Å². The molecule has 0 atom stereocenters. The van der Waals surface area contributed by atoms with Crippen molar-refractivity contribution in [3.63, 3.8) is 0 Å². The summed E-state index contributed by atoms with van der Waals surface area (Å²) in [6.07, 6.45) is 1.36. The van der Waals surface area contributed by atoms with Crippen LogP contribution in [0.4, 0.5) is 11.5 Å². The lowest BCUT2D eigenvalue weighted by molar-refractivity contribution is 0.0383. The predicted octanol–water partition coefficient (Wildman–Crippen LogP) is 4.93. The molecule has 0 aliphatic heterocycles. The molecule has 0 fully saturated rings. The molecule has 0 saturated carbocycles. The minimum absolute atomic E-state index is 0.156. The average molecular weight is 355 g/mol. The van der Waals surface area contributed by atoms with E-state index in [0.717, 1.165) is 21.5 Å². The second-order valence-electron chi connectivity index (χ2n) is 6.34. The zero-order valence-electron chi connectivity index (χ0n) is 15.0. The number of nitrogens with one attached hydrogen (secondary N) is 1. The van der Waals surface area contributed by atoms with Gasteiger partial charge in [-0.3, -0.25) is 0 Å². The van der Waals surface area contributed by atoms with Crippen molar-refractivity contribution in [1.82, 2.24) is 9.97 Å². The molecule has 1 N–H and O–H groups in total. The van der Waals surface area contributed by atoms with Crippen molar-refractivity contribution in [3.05, 3.63) is 46.1 Å². The van der Waals surface area contributed by atoms with E-state index in [9.17, 15) is 4.79 Å². The molecule has 6 heteroatoms. The molecular weight excluding hydrogens is 334 g/mol. The van der Waals surface area contributed by atoms with Crippen LogP contribution >= 0.6 is 11.3 Å². The number of ether oxygens (including phenoxy) is 1. The van der Waals surface area contributed by atoms with Gasteiger partial charge in [0.05, 0.1) is 11.5 Å². The maximum absolute atomic E-state index is 12.3. The van der Waals surface area contributed by atoms with Crippen LogP contribution in [0.1, 0.15) is 40.2 Å². The Morgan fingerprint density at radius 1 is 1.16 bits per heavy atom. The van der Waals surface area contributed by atoms with E-state index >= 15 is 0 Å². The first-order valence-electron chi connectivity index (χ1n) is 8.16. The first-order chi connectivity index (χ1) is 11.9. The van der Waals surface area contributed by atoms with Gasteiger partial charge in [-0.1, -0.05) is 6.07 Å². The van der Waals surface area contributed by atoms with Crippen molar-refractivity contribution >= 4 is 39.0 Å². The van der Waals surface area contributed by atoms with Crippen LogP contribution in [-0.2, 0) is 4.74 Å². The quantitative estimate of drug-likeness (QED) is 0.673. The normalized spacial score (nSPS) is 11.1. The third kappa shape index (κ3) is 3.49. The van der Waals surface area contributed by atoms with Crippen molar-refractivity contribution < 1.29 is 9.53 Å². The molecular formula is C19H21N3O2S. The van der Waals surface area contributed by atoms with E-state index in [1.807, 2.05) is 26.8 Å². The fraction of sp³-hybridized carbons (Fsp3) is 0.316.